The van der Waals surface area contributed by atoms with Gasteiger partial charge in [-0.15, -0.1) is 0 Å². The lowest BCUT2D eigenvalue weighted by molar-refractivity contribution is 0.503. The predicted molar refractivity (Wildman–Crippen MR) is 183 cm³/mol. The summed E-state index contributed by atoms with van der Waals surface area (Å²) in [6, 6.07) is 10.9. The van der Waals surface area contributed by atoms with Crippen molar-refractivity contribution in [1.29, 1.82) is 0 Å². The van der Waals surface area contributed by atoms with Crippen LogP contribution in [0, 0.1) is 12.3 Å². The number of benzene rings is 1. The fourth-order valence-corrected chi connectivity index (χ4v) is 6.20. The second-order valence-corrected chi connectivity index (χ2v) is 13.2. The first kappa shape index (κ1) is 37.2. The van der Waals surface area contributed by atoms with Crippen LogP contribution in [-0.4, -0.2) is 0 Å². The van der Waals surface area contributed by atoms with E-state index >= 15 is 0 Å². The predicted octanol–water partition coefficient (Wildman–Crippen LogP) is 14.4. The van der Waals surface area contributed by atoms with Crippen LogP contribution in [0.3, 0.4) is 0 Å². The maximum absolute atomic E-state index is 2.51. The summed E-state index contributed by atoms with van der Waals surface area (Å²) in [5.74, 6) is 0.754. The van der Waals surface area contributed by atoms with E-state index in [0.717, 1.165) is 12.3 Å². The quantitative estimate of drug-likeness (QED) is 0.0778. The van der Waals surface area contributed by atoms with Crippen LogP contribution >= 0.6 is 0 Å². The SMILES string of the molecule is CCCCCCCCCCCCCCCCCCCCCCCCCCCCCCC(C)[CH]Cc1ccccc1. The minimum absolute atomic E-state index is 0.754. The van der Waals surface area contributed by atoms with Gasteiger partial charge in [0.25, 0.3) is 0 Å². The molecule has 40 heavy (non-hydrogen) atoms. The zero-order chi connectivity index (χ0) is 28.6. The molecule has 0 heterocycles. The van der Waals surface area contributed by atoms with Gasteiger partial charge in [0.05, 0.1) is 0 Å². The van der Waals surface area contributed by atoms with Gasteiger partial charge in [-0.05, 0) is 24.3 Å². The van der Waals surface area contributed by atoms with Crippen LogP contribution in [0.1, 0.15) is 206 Å². The van der Waals surface area contributed by atoms with Crippen LogP contribution in [0.4, 0.5) is 0 Å². The van der Waals surface area contributed by atoms with E-state index in [-0.39, 0.29) is 0 Å². The molecule has 0 spiro atoms. The lowest BCUT2D eigenvalue weighted by Crippen LogP contribution is -1.98. The molecular weight excluding hydrogens is 480 g/mol. The average Bonchev–Trinajstić information content (AvgIpc) is 2.98. The Hall–Kier alpha value is -0.780. The first-order valence-corrected chi connectivity index (χ1v) is 18.7. The summed E-state index contributed by atoms with van der Waals surface area (Å²) in [6.45, 7) is 4.70. The zero-order valence-electron chi connectivity index (χ0n) is 27.8. The number of unbranched alkanes of at least 4 members (excludes halogenated alkanes) is 27. The fourth-order valence-electron chi connectivity index (χ4n) is 6.20. The molecule has 233 valence electrons. The molecule has 1 rings (SSSR count). The molecule has 0 bridgehead atoms. The normalized spacial score (nSPS) is 12.2. The molecule has 1 radical (unpaired) electrons. The van der Waals surface area contributed by atoms with Crippen LogP contribution in [0.25, 0.3) is 0 Å². The molecule has 1 aromatic rings. The van der Waals surface area contributed by atoms with E-state index in [4.69, 9.17) is 0 Å². The van der Waals surface area contributed by atoms with Crippen molar-refractivity contribution >= 4 is 0 Å². The highest BCUT2D eigenvalue weighted by Crippen LogP contribution is 2.18. The van der Waals surface area contributed by atoms with Gasteiger partial charge in [0.15, 0.2) is 0 Å². The molecule has 0 amide bonds. The maximum Gasteiger partial charge on any atom is -0.0245 e. The fraction of sp³-hybridized carbons (Fsp3) is 0.825. The van der Waals surface area contributed by atoms with E-state index < -0.39 is 0 Å². The third-order valence-corrected chi connectivity index (χ3v) is 9.11. The highest BCUT2D eigenvalue weighted by Gasteiger charge is 2.03. The molecule has 0 saturated carbocycles. The van der Waals surface area contributed by atoms with Gasteiger partial charge in [-0.1, -0.05) is 230 Å². The maximum atomic E-state index is 2.51. The summed E-state index contributed by atoms with van der Waals surface area (Å²) >= 11 is 0. The van der Waals surface area contributed by atoms with E-state index in [9.17, 15) is 0 Å². The Kier molecular flexibility index (Phi) is 29.0. The molecule has 0 heteroatoms. The molecule has 1 atom stereocenters. The second kappa shape index (κ2) is 31.2. The highest BCUT2D eigenvalue weighted by atomic mass is 14.1. The summed E-state index contributed by atoms with van der Waals surface area (Å²) in [4.78, 5) is 0. The standard InChI is InChI=1S/C40H73/c1-3-4-5-6-7-8-9-10-11-12-13-14-15-16-17-18-19-20-21-22-23-24-25-26-27-28-29-31-34-39(2)37-38-40-35-32-30-33-36-40/h30,32-33,35-37,39H,3-29,31,34,38H2,1-2H3. The largest absolute Gasteiger partial charge is 0.0654 e. The van der Waals surface area contributed by atoms with Crippen molar-refractivity contribution < 1.29 is 0 Å². The van der Waals surface area contributed by atoms with Crippen molar-refractivity contribution in [3.05, 3.63) is 42.3 Å². The summed E-state index contributed by atoms with van der Waals surface area (Å²) in [7, 11) is 0. The van der Waals surface area contributed by atoms with Crippen molar-refractivity contribution in [3.63, 3.8) is 0 Å². The lowest BCUT2D eigenvalue weighted by Gasteiger charge is -2.11. The third kappa shape index (κ3) is 27.4. The van der Waals surface area contributed by atoms with E-state index in [0.29, 0.717) is 0 Å². The van der Waals surface area contributed by atoms with Gasteiger partial charge in [-0.2, -0.15) is 0 Å². The van der Waals surface area contributed by atoms with Crippen molar-refractivity contribution in [3.8, 4) is 0 Å². The van der Waals surface area contributed by atoms with Gasteiger partial charge >= 0.3 is 0 Å². The summed E-state index contributed by atoms with van der Waals surface area (Å²) in [5, 5.41) is 0. The van der Waals surface area contributed by atoms with Gasteiger partial charge in [0.2, 0.25) is 0 Å². The van der Waals surface area contributed by atoms with Crippen LogP contribution in [0.5, 0.6) is 0 Å². The molecule has 1 unspecified atom stereocenters. The number of rotatable bonds is 32. The smallest absolute Gasteiger partial charge is 0.0245 e. The topological polar surface area (TPSA) is 0 Å². The minimum Gasteiger partial charge on any atom is -0.0654 e. The van der Waals surface area contributed by atoms with E-state index in [1.54, 1.807) is 0 Å². The van der Waals surface area contributed by atoms with E-state index in [1.165, 1.54) is 192 Å². The minimum atomic E-state index is 0.754. The average molecular weight is 554 g/mol. The zero-order valence-corrected chi connectivity index (χ0v) is 27.8. The Morgan fingerprint density at radius 3 is 1.05 bits per heavy atom. The van der Waals surface area contributed by atoms with Gasteiger partial charge < -0.3 is 0 Å². The molecule has 0 aromatic heterocycles. The Bertz CT molecular complexity index is 575. The summed E-state index contributed by atoms with van der Waals surface area (Å²) in [5.41, 5.74) is 1.45. The molecule has 0 aliphatic carbocycles. The van der Waals surface area contributed by atoms with Crippen LogP contribution in [0.15, 0.2) is 30.3 Å². The number of hydrogen-bond donors (Lipinski definition) is 0. The molecule has 0 fully saturated rings. The second-order valence-electron chi connectivity index (χ2n) is 13.2. The van der Waals surface area contributed by atoms with Gasteiger partial charge in [-0.3, -0.25) is 0 Å². The number of hydrogen-bond acceptors (Lipinski definition) is 0. The monoisotopic (exact) mass is 554 g/mol. The first-order chi connectivity index (χ1) is 19.8. The molecule has 0 aliphatic rings. The van der Waals surface area contributed by atoms with Crippen molar-refractivity contribution in [1.82, 2.24) is 0 Å². The summed E-state index contributed by atoms with van der Waals surface area (Å²) < 4.78 is 0. The van der Waals surface area contributed by atoms with Crippen molar-refractivity contribution in [2.75, 3.05) is 0 Å². The first-order valence-electron chi connectivity index (χ1n) is 18.7. The Morgan fingerprint density at radius 1 is 0.425 bits per heavy atom. The molecular formula is C40H73. The Labute approximate surface area is 254 Å². The van der Waals surface area contributed by atoms with E-state index in [2.05, 4.69) is 50.6 Å². The van der Waals surface area contributed by atoms with Crippen molar-refractivity contribution in [2.24, 2.45) is 5.92 Å². The van der Waals surface area contributed by atoms with Gasteiger partial charge in [0.1, 0.15) is 0 Å². The molecule has 0 aliphatic heterocycles. The summed E-state index contributed by atoms with van der Waals surface area (Å²) in [6.07, 6.45) is 46.2. The Balaban J connectivity index is 1.66. The molecule has 1 aromatic carbocycles. The Morgan fingerprint density at radius 2 is 0.725 bits per heavy atom. The highest BCUT2D eigenvalue weighted by molar-refractivity contribution is 5.16. The molecule has 0 saturated heterocycles. The van der Waals surface area contributed by atoms with Crippen LogP contribution < -0.4 is 0 Å². The van der Waals surface area contributed by atoms with Gasteiger partial charge in [-0.25, -0.2) is 0 Å². The van der Waals surface area contributed by atoms with Crippen LogP contribution in [0.2, 0.25) is 0 Å². The molecule has 0 N–H and O–H groups in total. The lowest BCUT2D eigenvalue weighted by atomic mass is 9.95. The van der Waals surface area contributed by atoms with E-state index in [1.807, 2.05) is 0 Å². The van der Waals surface area contributed by atoms with Gasteiger partial charge in [0, 0.05) is 0 Å². The van der Waals surface area contributed by atoms with Crippen molar-refractivity contribution in [2.45, 2.75) is 206 Å². The third-order valence-electron chi connectivity index (χ3n) is 9.11. The van der Waals surface area contributed by atoms with Crippen LogP contribution in [-0.2, 0) is 6.42 Å². The molecule has 0 nitrogen and oxygen atoms in total.